The highest BCUT2D eigenvalue weighted by Crippen LogP contribution is 2.38. The highest BCUT2D eigenvalue weighted by atomic mass is 32.2. The van der Waals surface area contributed by atoms with Gasteiger partial charge in [0.15, 0.2) is 0 Å². The lowest BCUT2D eigenvalue weighted by Crippen LogP contribution is -1.86. The molecule has 0 radical (unpaired) electrons. The number of aromatic amines is 1. The maximum Gasteiger partial charge on any atom is 0.127 e. The number of pyridine rings is 1. The molecule has 2 aromatic heterocycles. The summed E-state index contributed by atoms with van der Waals surface area (Å²) in [5.74, 6) is 0.573. The third-order valence-electron chi connectivity index (χ3n) is 4.33. The van der Waals surface area contributed by atoms with E-state index in [0.29, 0.717) is 0 Å². The number of hydrogen-bond acceptors (Lipinski definition) is 3. The SMILES string of the molecule is Cc1ccc(CSc2n[nH]c(-c3ccc(F)cc3)c2-c2ccncc2)cc1. The van der Waals surface area contributed by atoms with Crippen LogP contribution >= 0.6 is 11.8 Å². The average Bonchev–Trinajstić information content (AvgIpc) is 3.13. The van der Waals surface area contributed by atoms with E-state index in [1.165, 1.54) is 23.3 Å². The topological polar surface area (TPSA) is 41.6 Å². The molecule has 0 bridgehead atoms. The Morgan fingerprint density at radius 2 is 1.59 bits per heavy atom. The molecule has 0 aliphatic rings. The normalized spacial score (nSPS) is 10.9. The Hall–Kier alpha value is -2.92. The summed E-state index contributed by atoms with van der Waals surface area (Å²) in [5.41, 5.74) is 6.33. The highest BCUT2D eigenvalue weighted by molar-refractivity contribution is 7.98. The summed E-state index contributed by atoms with van der Waals surface area (Å²) in [5, 5.41) is 8.61. The molecule has 1 N–H and O–H groups in total. The van der Waals surface area contributed by atoms with Crippen molar-refractivity contribution >= 4 is 11.8 Å². The Kier molecular flexibility index (Phi) is 5.03. The van der Waals surface area contributed by atoms with Crippen molar-refractivity contribution < 1.29 is 4.39 Å². The Morgan fingerprint density at radius 1 is 0.889 bits per heavy atom. The van der Waals surface area contributed by atoms with Crippen molar-refractivity contribution in [1.29, 1.82) is 0 Å². The van der Waals surface area contributed by atoms with Crippen molar-refractivity contribution in [2.45, 2.75) is 17.7 Å². The van der Waals surface area contributed by atoms with Crippen molar-refractivity contribution in [1.82, 2.24) is 15.2 Å². The van der Waals surface area contributed by atoms with Gasteiger partial charge in [0, 0.05) is 29.3 Å². The van der Waals surface area contributed by atoms with E-state index in [1.54, 1.807) is 36.3 Å². The van der Waals surface area contributed by atoms with Crippen molar-refractivity contribution in [3.8, 4) is 22.4 Å². The number of nitrogens with zero attached hydrogens (tertiary/aromatic N) is 2. The summed E-state index contributed by atoms with van der Waals surface area (Å²) in [6.07, 6.45) is 3.54. The van der Waals surface area contributed by atoms with Crippen molar-refractivity contribution in [2.75, 3.05) is 0 Å². The van der Waals surface area contributed by atoms with Crippen LogP contribution in [0.25, 0.3) is 22.4 Å². The zero-order chi connectivity index (χ0) is 18.6. The number of nitrogens with one attached hydrogen (secondary N) is 1. The van der Waals surface area contributed by atoms with Crippen LogP contribution in [0.4, 0.5) is 4.39 Å². The fourth-order valence-electron chi connectivity index (χ4n) is 2.88. The lowest BCUT2D eigenvalue weighted by Gasteiger charge is -2.07. The lowest BCUT2D eigenvalue weighted by molar-refractivity contribution is 0.628. The molecule has 134 valence electrons. The summed E-state index contributed by atoms with van der Waals surface area (Å²) in [7, 11) is 0. The van der Waals surface area contributed by atoms with Crippen LogP contribution in [0.2, 0.25) is 0 Å². The van der Waals surface area contributed by atoms with Gasteiger partial charge in [-0.3, -0.25) is 10.1 Å². The number of aromatic nitrogens is 3. The third kappa shape index (κ3) is 3.93. The number of hydrogen-bond donors (Lipinski definition) is 1. The molecule has 3 nitrogen and oxygen atoms in total. The number of aryl methyl sites for hydroxylation is 1. The molecule has 2 heterocycles. The average molecular weight is 375 g/mol. The molecule has 2 aromatic carbocycles. The molecule has 4 rings (SSSR count). The molecule has 0 saturated carbocycles. The Balaban J connectivity index is 1.71. The molecule has 0 aliphatic heterocycles. The molecular formula is C22H18FN3S. The van der Waals surface area contributed by atoms with Crippen LogP contribution in [0.1, 0.15) is 11.1 Å². The van der Waals surface area contributed by atoms with Gasteiger partial charge < -0.3 is 0 Å². The predicted molar refractivity (Wildman–Crippen MR) is 108 cm³/mol. The second-order valence-corrected chi connectivity index (χ2v) is 7.26. The van der Waals surface area contributed by atoms with Gasteiger partial charge in [-0.1, -0.05) is 41.6 Å². The largest absolute Gasteiger partial charge is 0.276 e. The fraction of sp³-hybridized carbons (Fsp3) is 0.0909. The number of rotatable bonds is 5. The van der Waals surface area contributed by atoms with Crippen molar-refractivity contribution in [3.63, 3.8) is 0 Å². The standard InChI is InChI=1S/C22H18FN3S/c1-15-2-4-16(5-3-15)14-27-22-20(17-10-12-24-13-11-17)21(25-26-22)18-6-8-19(23)9-7-18/h2-13H,14H2,1H3,(H,25,26). The van der Waals surface area contributed by atoms with E-state index in [9.17, 15) is 4.39 Å². The smallest absolute Gasteiger partial charge is 0.127 e. The van der Waals surface area contributed by atoms with Gasteiger partial charge in [-0.05, 0) is 54.4 Å². The summed E-state index contributed by atoms with van der Waals surface area (Å²) in [4.78, 5) is 4.11. The van der Waals surface area contributed by atoms with E-state index in [2.05, 4.69) is 46.4 Å². The maximum absolute atomic E-state index is 13.3. The molecule has 0 aliphatic carbocycles. The monoisotopic (exact) mass is 375 g/mol. The number of H-pyrrole nitrogens is 1. The minimum absolute atomic E-state index is 0.252. The van der Waals surface area contributed by atoms with Gasteiger partial charge in [0.05, 0.1) is 5.69 Å². The van der Waals surface area contributed by atoms with Gasteiger partial charge in [-0.25, -0.2) is 4.39 Å². The highest BCUT2D eigenvalue weighted by Gasteiger charge is 2.17. The maximum atomic E-state index is 13.3. The molecule has 0 saturated heterocycles. The van der Waals surface area contributed by atoms with Gasteiger partial charge in [0.1, 0.15) is 10.8 Å². The van der Waals surface area contributed by atoms with E-state index >= 15 is 0 Å². The molecule has 0 amide bonds. The molecule has 5 heteroatoms. The van der Waals surface area contributed by atoms with Crippen LogP contribution in [0, 0.1) is 12.7 Å². The first-order valence-corrected chi connectivity index (χ1v) is 9.62. The van der Waals surface area contributed by atoms with Crippen LogP contribution in [-0.4, -0.2) is 15.2 Å². The summed E-state index contributed by atoms with van der Waals surface area (Å²) >= 11 is 1.68. The number of benzene rings is 2. The van der Waals surface area contributed by atoms with Crippen LogP contribution in [0.5, 0.6) is 0 Å². The van der Waals surface area contributed by atoms with E-state index in [1.807, 2.05) is 12.1 Å². The Morgan fingerprint density at radius 3 is 2.30 bits per heavy atom. The van der Waals surface area contributed by atoms with Crippen LogP contribution in [0.15, 0.2) is 78.1 Å². The van der Waals surface area contributed by atoms with Gasteiger partial charge >= 0.3 is 0 Å². The van der Waals surface area contributed by atoms with Crippen LogP contribution < -0.4 is 0 Å². The molecule has 0 spiro atoms. The van der Waals surface area contributed by atoms with Crippen molar-refractivity contribution in [3.05, 3.63) is 90.0 Å². The van der Waals surface area contributed by atoms with Crippen molar-refractivity contribution in [2.24, 2.45) is 0 Å². The molecular weight excluding hydrogens is 357 g/mol. The molecule has 4 aromatic rings. The zero-order valence-corrected chi connectivity index (χ0v) is 15.6. The Labute approximate surface area is 161 Å². The fourth-order valence-corrected chi connectivity index (χ4v) is 3.85. The van der Waals surface area contributed by atoms with Gasteiger partial charge in [0.25, 0.3) is 0 Å². The third-order valence-corrected chi connectivity index (χ3v) is 5.38. The quantitative estimate of drug-likeness (QED) is 0.443. The van der Waals surface area contributed by atoms with Gasteiger partial charge in [-0.2, -0.15) is 5.10 Å². The first-order valence-electron chi connectivity index (χ1n) is 8.64. The molecule has 0 atom stereocenters. The second kappa shape index (κ2) is 7.76. The minimum atomic E-state index is -0.252. The van der Waals surface area contributed by atoms with E-state index in [4.69, 9.17) is 0 Å². The lowest BCUT2D eigenvalue weighted by atomic mass is 10.0. The number of thioether (sulfide) groups is 1. The minimum Gasteiger partial charge on any atom is -0.276 e. The van der Waals surface area contributed by atoms with Gasteiger partial charge in [-0.15, -0.1) is 0 Å². The molecule has 27 heavy (non-hydrogen) atoms. The van der Waals surface area contributed by atoms with E-state index in [0.717, 1.165) is 33.2 Å². The number of halogens is 1. The molecule has 0 unspecified atom stereocenters. The summed E-state index contributed by atoms with van der Waals surface area (Å²) in [6.45, 7) is 2.08. The summed E-state index contributed by atoms with van der Waals surface area (Å²) in [6, 6.07) is 18.9. The Bertz CT molecular complexity index is 1030. The van der Waals surface area contributed by atoms with E-state index < -0.39 is 0 Å². The van der Waals surface area contributed by atoms with Crippen LogP contribution in [-0.2, 0) is 5.75 Å². The van der Waals surface area contributed by atoms with Crippen LogP contribution in [0.3, 0.4) is 0 Å². The summed E-state index contributed by atoms with van der Waals surface area (Å²) < 4.78 is 13.3. The van der Waals surface area contributed by atoms with E-state index in [-0.39, 0.29) is 5.82 Å². The first-order chi connectivity index (χ1) is 13.2. The first kappa shape index (κ1) is 17.5. The zero-order valence-electron chi connectivity index (χ0n) is 14.8. The molecule has 0 fully saturated rings. The predicted octanol–water partition coefficient (Wildman–Crippen LogP) is 5.88. The second-order valence-electron chi connectivity index (χ2n) is 6.30. The van der Waals surface area contributed by atoms with Gasteiger partial charge in [0.2, 0.25) is 0 Å².